The molecule has 1 aliphatic rings. The minimum absolute atomic E-state index is 0.157. The summed E-state index contributed by atoms with van der Waals surface area (Å²) < 4.78 is 0. The Balaban J connectivity index is 0.000000120. The van der Waals surface area contributed by atoms with Crippen LogP contribution in [0.2, 0.25) is 0 Å². The molecule has 1 aromatic heterocycles. The molecule has 1 aliphatic carbocycles. The summed E-state index contributed by atoms with van der Waals surface area (Å²) in [6.07, 6.45) is 5.53. The van der Waals surface area contributed by atoms with E-state index in [0.29, 0.717) is 0 Å². The third kappa shape index (κ3) is 4.09. The molecule has 0 aliphatic heterocycles. The molecule has 2 rings (SSSR count). The largest absolute Gasteiger partial charge is 0.281 e. The predicted octanol–water partition coefficient (Wildman–Crippen LogP) is 2.24. The first-order valence-electron chi connectivity index (χ1n) is 3.85. The summed E-state index contributed by atoms with van der Waals surface area (Å²) in [4.78, 5) is 13.8. The van der Waals surface area contributed by atoms with Crippen molar-refractivity contribution in [2.75, 3.05) is 0 Å². The molecule has 1 fully saturated rings. The van der Waals surface area contributed by atoms with Crippen molar-refractivity contribution in [2.45, 2.75) is 12.8 Å². The van der Waals surface area contributed by atoms with Crippen LogP contribution in [0.3, 0.4) is 0 Å². The molecule has 0 radical (unpaired) electrons. The Morgan fingerprint density at radius 3 is 1.92 bits per heavy atom. The third-order valence-electron chi connectivity index (χ3n) is 1.46. The van der Waals surface area contributed by atoms with E-state index in [0.717, 1.165) is 12.8 Å². The minimum Gasteiger partial charge on any atom is -0.281 e. The van der Waals surface area contributed by atoms with Gasteiger partial charge in [0.15, 0.2) is 0 Å². The van der Waals surface area contributed by atoms with Crippen LogP contribution >= 0.6 is 11.6 Å². The SMILES string of the molecule is O=C(Cl)C1CC1.c1ccncc1. The zero-order chi connectivity index (χ0) is 8.81. The van der Waals surface area contributed by atoms with Crippen LogP contribution in [-0.4, -0.2) is 10.2 Å². The standard InChI is InChI=1S/C5H5N.C4H5ClO/c1-2-4-6-5-3-1;5-4(6)3-1-2-3/h1-5H;3H,1-2H2. The third-order valence-corrected chi connectivity index (χ3v) is 1.77. The number of pyridine rings is 1. The predicted molar refractivity (Wildman–Crippen MR) is 47.8 cm³/mol. The molecule has 1 aromatic rings. The maximum Gasteiger partial charge on any atom is 0.224 e. The van der Waals surface area contributed by atoms with Gasteiger partial charge in [-0.2, -0.15) is 0 Å². The first-order chi connectivity index (χ1) is 5.80. The maximum absolute atomic E-state index is 9.97. The lowest BCUT2D eigenvalue weighted by atomic mass is 10.5. The van der Waals surface area contributed by atoms with Gasteiger partial charge in [-0.05, 0) is 36.6 Å². The van der Waals surface area contributed by atoms with Crippen LogP contribution < -0.4 is 0 Å². The van der Waals surface area contributed by atoms with Gasteiger partial charge < -0.3 is 0 Å². The van der Waals surface area contributed by atoms with E-state index in [4.69, 9.17) is 11.6 Å². The summed E-state index contributed by atoms with van der Waals surface area (Å²) in [5, 5.41) is -0.157. The zero-order valence-electron chi connectivity index (χ0n) is 6.61. The summed E-state index contributed by atoms with van der Waals surface area (Å²) >= 11 is 5.04. The van der Waals surface area contributed by atoms with Crippen molar-refractivity contribution < 1.29 is 4.79 Å². The second kappa shape index (κ2) is 4.88. The number of carbonyl (C=O) groups excluding carboxylic acids is 1. The van der Waals surface area contributed by atoms with Crippen molar-refractivity contribution in [1.29, 1.82) is 0 Å². The second-order valence-electron chi connectivity index (χ2n) is 2.60. The fourth-order valence-electron chi connectivity index (χ4n) is 0.623. The topological polar surface area (TPSA) is 30.0 Å². The van der Waals surface area contributed by atoms with Crippen LogP contribution in [0.4, 0.5) is 0 Å². The molecule has 1 heterocycles. The normalized spacial score (nSPS) is 14.4. The molecule has 0 N–H and O–H groups in total. The van der Waals surface area contributed by atoms with Crippen molar-refractivity contribution in [3.8, 4) is 0 Å². The van der Waals surface area contributed by atoms with Gasteiger partial charge in [0.05, 0.1) is 0 Å². The summed E-state index contributed by atoms with van der Waals surface area (Å²) in [6.45, 7) is 0. The lowest BCUT2D eigenvalue weighted by Crippen LogP contribution is -1.83. The van der Waals surface area contributed by atoms with Gasteiger partial charge in [0, 0.05) is 18.3 Å². The quantitative estimate of drug-likeness (QED) is 0.625. The molecule has 2 nitrogen and oxygen atoms in total. The fraction of sp³-hybridized carbons (Fsp3) is 0.333. The molecular formula is C9H10ClNO. The van der Waals surface area contributed by atoms with Crippen LogP contribution in [0.1, 0.15) is 12.8 Å². The maximum atomic E-state index is 9.97. The number of halogens is 1. The summed E-state index contributed by atoms with van der Waals surface area (Å²) in [5.41, 5.74) is 0. The van der Waals surface area contributed by atoms with Gasteiger partial charge in [0.25, 0.3) is 0 Å². The zero-order valence-corrected chi connectivity index (χ0v) is 7.37. The molecular weight excluding hydrogens is 174 g/mol. The molecule has 0 atom stereocenters. The van der Waals surface area contributed by atoms with Crippen molar-refractivity contribution in [2.24, 2.45) is 5.92 Å². The van der Waals surface area contributed by atoms with E-state index in [2.05, 4.69) is 4.98 Å². The molecule has 0 amide bonds. The van der Waals surface area contributed by atoms with Crippen molar-refractivity contribution >= 4 is 16.8 Å². The summed E-state index contributed by atoms with van der Waals surface area (Å²) in [7, 11) is 0. The monoisotopic (exact) mass is 183 g/mol. The first kappa shape index (κ1) is 9.20. The highest BCUT2D eigenvalue weighted by atomic mass is 35.5. The van der Waals surface area contributed by atoms with E-state index in [9.17, 15) is 4.79 Å². The van der Waals surface area contributed by atoms with E-state index >= 15 is 0 Å². The van der Waals surface area contributed by atoms with E-state index in [1.807, 2.05) is 18.2 Å². The molecule has 0 saturated heterocycles. The van der Waals surface area contributed by atoms with Crippen LogP contribution in [0.15, 0.2) is 30.6 Å². The Kier molecular flexibility index (Phi) is 3.74. The molecule has 1 saturated carbocycles. The molecule has 0 aromatic carbocycles. The van der Waals surface area contributed by atoms with Crippen LogP contribution in [0.25, 0.3) is 0 Å². The number of aromatic nitrogens is 1. The summed E-state index contributed by atoms with van der Waals surface area (Å²) in [6, 6.07) is 5.72. The van der Waals surface area contributed by atoms with Gasteiger partial charge in [-0.3, -0.25) is 9.78 Å². The van der Waals surface area contributed by atoms with E-state index in [-0.39, 0.29) is 11.2 Å². The Morgan fingerprint density at radius 1 is 1.25 bits per heavy atom. The molecule has 12 heavy (non-hydrogen) atoms. The van der Waals surface area contributed by atoms with Gasteiger partial charge in [0.1, 0.15) is 0 Å². The first-order valence-corrected chi connectivity index (χ1v) is 4.23. The average Bonchev–Trinajstić information content (AvgIpc) is 2.90. The number of hydrogen-bond acceptors (Lipinski definition) is 2. The molecule has 0 unspecified atom stereocenters. The highest BCUT2D eigenvalue weighted by molar-refractivity contribution is 6.64. The molecule has 64 valence electrons. The number of carbonyl (C=O) groups is 1. The lowest BCUT2D eigenvalue weighted by Gasteiger charge is -1.72. The summed E-state index contributed by atoms with van der Waals surface area (Å²) in [5.74, 6) is 0.228. The van der Waals surface area contributed by atoms with Crippen LogP contribution in [-0.2, 0) is 4.79 Å². The number of rotatable bonds is 1. The Morgan fingerprint density at radius 2 is 1.83 bits per heavy atom. The van der Waals surface area contributed by atoms with Gasteiger partial charge in [-0.1, -0.05) is 6.07 Å². The Bertz CT molecular complexity index is 207. The molecule has 0 spiro atoms. The van der Waals surface area contributed by atoms with E-state index < -0.39 is 0 Å². The van der Waals surface area contributed by atoms with Crippen molar-refractivity contribution in [3.63, 3.8) is 0 Å². The van der Waals surface area contributed by atoms with Gasteiger partial charge >= 0.3 is 0 Å². The Labute approximate surface area is 76.6 Å². The lowest BCUT2D eigenvalue weighted by molar-refractivity contribution is -0.112. The van der Waals surface area contributed by atoms with Crippen molar-refractivity contribution in [3.05, 3.63) is 30.6 Å². The van der Waals surface area contributed by atoms with Gasteiger partial charge in [0.2, 0.25) is 5.24 Å². The van der Waals surface area contributed by atoms with E-state index in [1.165, 1.54) is 0 Å². The van der Waals surface area contributed by atoms with Crippen LogP contribution in [0, 0.1) is 5.92 Å². The van der Waals surface area contributed by atoms with Crippen molar-refractivity contribution in [1.82, 2.24) is 4.98 Å². The van der Waals surface area contributed by atoms with E-state index in [1.54, 1.807) is 12.4 Å². The molecule has 0 bridgehead atoms. The highest BCUT2D eigenvalue weighted by Gasteiger charge is 2.27. The smallest absolute Gasteiger partial charge is 0.224 e. The number of nitrogens with zero attached hydrogens (tertiary/aromatic N) is 1. The van der Waals surface area contributed by atoms with Gasteiger partial charge in [-0.15, -0.1) is 0 Å². The number of hydrogen-bond donors (Lipinski definition) is 0. The van der Waals surface area contributed by atoms with Gasteiger partial charge in [-0.25, -0.2) is 0 Å². The Hall–Kier alpha value is -0.890. The second-order valence-corrected chi connectivity index (χ2v) is 2.98. The molecule has 3 heteroatoms. The van der Waals surface area contributed by atoms with Crippen LogP contribution in [0.5, 0.6) is 0 Å². The highest BCUT2D eigenvalue weighted by Crippen LogP contribution is 2.30. The fourth-order valence-corrected chi connectivity index (χ4v) is 0.841. The average molecular weight is 184 g/mol. The minimum atomic E-state index is -0.157.